The third-order valence-corrected chi connectivity index (χ3v) is 4.39. The zero-order chi connectivity index (χ0) is 20.6. The highest BCUT2D eigenvalue weighted by molar-refractivity contribution is 5.91. The summed E-state index contributed by atoms with van der Waals surface area (Å²) in [5, 5.41) is 40.3. The molecule has 3 aromatic rings. The van der Waals surface area contributed by atoms with Crippen molar-refractivity contribution >= 4 is 11.0 Å². The fraction of sp³-hybridized carbons (Fsp3) is 0.190. The standard InChI is InChI=1S/C21H20O7/c1-10(2)4-5-12-16(27-3)8-17-19(20(12)25)21(26)13(9-28-17)18-14(23)6-11(22)7-15(18)24/h4,6-9,22-25H,5H2,1-3H3. The highest BCUT2D eigenvalue weighted by atomic mass is 16.5. The first-order valence-electron chi connectivity index (χ1n) is 8.47. The van der Waals surface area contributed by atoms with Crippen molar-refractivity contribution in [1.82, 2.24) is 0 Å². The van der Waals surface area contributed by atoms with Crippen molar-refractivity contribution < 1.29 is 29.6 Å². The van der Waals surface area contributed by atoms with Crippen LogP contribution in [0.15, 0.2) is 45.3 Å². The van der Waals surface area contributed by atoms with Crippen LogP contribution in [0.2, 0.25) is 0 Å². The monoisotopic (exact) mass is 384 g/mol. The van der Waals surface area contributed by atoms with Crippen LogP contribution in [0.25, 0.3) is 22.1 Å². The molecule has 0 amide bonds. The van der Waals surface area contributed by atoms with E-state index in [4.69, 9.17) is 9.15 Å². The Kier molecular flexibility index (Phi) is 4.92. The average Bonchev–Trinajstić information content (AvgIpc) is 2.61. The fourth-order valence-electron chi connectivity index (χ4n) is 3.02. The molecule has 146 valence electrons. The van der Waals surface area contributed by atoms with Gasteiger partial charge in [-0.15, -0.1) is 0 Å². The molecule has 0 fully saturated rings. The molecular formula is C21H20O7. The number of fused-ring (bicyclic) bond motifs is 1. The Morgan fingerprint density at radius 3 is 2.32 bits per heavy atom. The molecule has 7 nitrogen and oxygen atoms in total. The van der Waals surface area contributed by atoms with Crippen LogP contribution < -0.4 is 10.2 Å². The lowest BCUT2D eigenvalue weighted by Crippen LogP contribution is -2.07. The molecule has 0 unspecified atom stereocenters. The van der Waals surface area contributed by atoms with Gasteiger partial charge in [0.1, 0.15) is 46.0 Å². The summed E-state index contributed by atoms with van der Waals surface area (Å²) in [7, 11) is 1.45. The van der Waals surface area contributed by atoms with E-state index in [2.05, 4.69) is 0 Å². The summed E-state index contributed by atoms with van der Waals surface area (Å²) in [4.78, 5) is 13.1. The summed E-state index contributed by atoms with van der Waals surface area (Å²) < 4.78 is 10.8. The van der Waals surface area contributed by atoms with Crippen molar-refractivity contribution in [1.29, 1.82) is 0 Å². The first-order chi connectivity index (χ1) is 13.2. The van der Waals surface area contributed by atoms with Crippen LogP contribution in [0, 0.1) is 0 Å². The number of aromatic hydroxyl groups is 4. The van der Waals surface area contributed by atoms with Gasteiger partial charge >= 0.3 is 0 Å². The van der Waals surface area contributed by atoms with Gasteiger partial charge in [0.05, 0.1) is 18.2 Å². The number of methoxy groups -OCH3 is 1. The minimum absolute atomic E-state index is 0.0951. The summed E-state index contributed by atoms with van der Waals surface area (Å²) in [5.41, 5.74) is 0.546. The van der Waals surface area contributed by atoms with E-state index in [0.29, 0.717) is 17.7 Å². The van der Waals surface area contributed by atoms with Crippen LogP contribution in [0.3, 0.4) is 0 Å². The van der Waals surface area contributed by atoms with Gasteiger partial charge in [-0.05, 0) is 20.3 Å². The Bertz CT molecular complexity index is 1130. The molecule has 0 saturated heterocycles. The molecule has 0 atom stereocenters. The molecule has 3 rings (SSSR count). The Morgan fingerprint density at radius 1 is 1.11 bits per heavy atom. The van der Waals surface area contributed by atoms with Crippen LogP contribution in [-0.2, 0) is 6.42 Å². The normalized spacial score (nSPS) is 10.8. The molecule has 28 heavy (non-hydrogen) atoms. The molecular weight excluding hydrogens is 364 g/mol. The van der Waals surface area contributed by atoms with E-state index in [1.165, 1.54) is 13.2 Å². The molecule has 2 aromatic carbocycles. The molecule has 0 aliphatic carbocycles. The average molecular weight is 384 g/mol. The van der Waals surface area contributed by atoms with Gasteiger partial charge in [0.15, 0.2) is 0 Å². The maximum absolute atomic E-state index is 13.1. The Hall–Kier alpha value is -3.61. The first-order valence-corrected chi connectivity index (χ1v) is 8.47. The predicted octanol–water partition coefficient (Wildman–Crippen LogP) is 3.80. The topological polar surface area (TPSA) is 120 Å². The largest absolute Gasteiger partial charge is 0.508 e. The number of benzene rings is 2. The van der Waals surface area contributed by atoms with Crippen molar-refractivity contribution in [2.75, 3.05) is 7.11 Å². The lowest BCUT2D eigenvalue weighted by Gasteiger charge is -2.13. The number of allylic oxidation sites excluding steroid dienone is 2. The molecule has 0 aliphatic heterocycles. The van der Waals surface area contributed by atoms with E-state index in [9.17, 15) is 25.2 Å². The van der Waals surface area contributed by atoms with Gasteiger partial charge in [0.2, 0.25) is 5.43 Å². The molecule has 0 spiro atoms. The van der Waals surface area contributed by atoms with E-state index in [1.54, 1.807) is 0 Å². The second kappa shape index (κ2) is 7.19. The van der Waals surface area contributed by atoms with Crippen LogP contribution in [0.5, 0.6) is 28.7 Å². The zero-order valence-electron chi connectivity index (χ0n) is 15.6. The first kappa shape index (κ1) is 19.2. The van der Waals surface area contributed by atoms with E-state index in [-0.39, 0.29) is 33.6 Å². The number of phenolic OH excluding ortho intramolecular Hbond substituents is 4. The van der Waals surface area contributed by atoms with E-state index >= 15 is 0 Å². The minimum atomic E-state index is -0.642. The molecule has 0 bridgehead atoms. The van der Waals surface area contributed by atoms with Crippen molar-refractivity contribution in [2.24, 2.45) is 0 Å². The van der Waals surface area contributed by atoms with Gasteiger partial charge in [-0.1, -0.05) is 11.6 Å². The summed E-state index contributed by atoms with van der Waals surface area (Å²) in [5.74, 6) is -1.28. The summed E-state index contributed by atoms with van der Waals surface area (Å²) in [6, 6.07) is 3.49. The quantitative estimate of drug-likeness (QED) is 0.505. The van der Waals surface area contributed by atoms with Gasteiger partial charge in [0.25, 0.3) is 0 Å². The van der Waals surface area contributed by atoms with Gasteiger partial charge in [0, 0.05) is 23.8 Å². The summed E-state index contributed by atoms with van der Waals surface area (Å²) >= 11 is 0. The molecule has 7 heteroatoms. The molecule has 1 aromatic heterocycles. The van der Waals surface area contributed by atoms with E-state index in [0.717, 1.165) is 24.0 Å². The maximum Gasteiger partial charge on any atom is 0.204 e. The molecule has 0 aliphatic rings. The van der Waals surface area contributed by atoms with Gasteiger partial charge in [-0.3, -0.25) is 4.79 Å². The fourth-order valence-corrected chi connectivity index (χ4v) is 3.02. The van der Waals surface area contributed by atoms with Gasteiger partial charge in [-0.2, -0.15) is 0 Å². The molecule has 4 N–H and O–H groups in total. The van der Waals surface area contributed by atoms with Crippen molar-refractivity contribution in [2.45, 2.75) is 20.3 Å². The Morgan fingerprint density at radius 2 is 1.75 bits per heavy atom. The van der Waals surface area contributed by atoms with Crippen LogP contribution in [-0.4, -0.2) is 27.5 Å². The summed E-state index contributed by atoms with van der Waals surface area (Å²) in [6.07, 6.45) is 3.30. The van der Waals surface area contributed by atoms with Crippen LogP contribution >= 0.6 is 0 Å². The van der Waals surface area contributed by atoms with Crippen molar-refractivity contribution in [3.8, 4) is 39.9 Å². The molecule has 0 radical (unpaired) electrons. The number of phenols is 4. The second-order valence-corrected chi connectivity index (χ2v) is 6.60. The van der Waals surface area contributed by atoms with Crippen molar-refractivity contribution in [3.05, 3.63) is 51.9 Å². The lowest BCUT2D eigenvalue weighted by molar-refractivity contribution is 0.401. The molecule has 0 saturated carbocycles. The van der Waals surface area contributed by atoms with Crippen molar-refractivity contribution in [3.63, 3.8) is 0 Å². The third-order valence-electron chi connectivity index (χ3n) is 4.39. The molecule has 1 heterocycles. The third kappa shape index (κ3) is 3.22. The minimum Gasteiger partial charge on any atom is -0.508 e. The maximum atomic E-state index is 13.1. The Balaban J connectivity index is 2.34. The lowest BCUT2D eigenvalue weighted by atomic mass is 9.99. The highest BCUT2D eigenvalue weighted by Crippen LogP contribution is 2.41. The number of rotatable bonds is 4. The van der Waals surface area contributed by atoms with Gasteiger partial charge < -0.3 is 29.6 Å². The van der Waals surface area contributed by atoms with E-state index in [1.807, 2.05) is 19.9 Å². The van der Waals surface area contributed by atoms with Crippen LogP contribution in [0.1, 0.15) is 19.4 Å². The van der Waals surface area contributed by atoms with E-state index < -0.39 is 16.9 Å². The van der Waals surface area contributed by atoms with Gasteiger partial charge in [-0.25, -0.2) is 0 Å². The predicted molar refractivity (Wildman–Crippen MR) is 104 cm³/mol. The number of hydrogen-bond donors (Lipinski definition) is 4. The van der Waals surface area contributed by atoms with Crippen LogP contribution in [0.4, 0.5) is 0 Å². The second-order valence-electron chi connectivity index (χ2n) is 6.60. The summed E-state index contributed by atoms with van der Waals surface area (Å²) in [6.45, 7) is 3.82. The number of ether oxygens (including phenoxy) is 1. The SMILES string of the molecule is COc1cc2occ(-c3c(O)cc(O)cc3O)c(=O)c2c(O)c1CC=C(C)C. The smallest absolute Gasteiger partial charge is 0.204 e. The number of hydrogen-bond acceptors (Lipinski definition) is 7. The zero-order valence-corrected chi connectivity index (χ0v) is 15.6. The Labute approximate surface area is 160 Å². The highest BCUT2D eigenvalue weighted by Gasteiger charge is 2.22.